The van der Waals surface area contributed by atoms with Crippen LogP contribution in [0.25, 0.3) is 21.5 Å². The van der Waals surface area contributed by atoms with Crippen LogP contribution >= 0.6 is 11.3 Å². The molecule has 5 rings (SSSR count). The van der Waals surface area contributed by atoms with Crippen molar-refractivity contribution in [3.8, 4) is 11.3 Å². The van der Waals surface area contributed by atoms with Crippen molar-refractivity contribution in [1.82, 2.24) is 29.7 Å². The zero-order valence-electron chi connectivity index (χ0n) is 22.1. The van der Waals surface area contributed by atoms with Gasteiger partial charge in [0.1, 0.15) is 17.1 Å². The van der Waals surface area contributed by atoms with Crippen LogP contribution in [-0.2, 0) is 4.74 Å². The third-order valence-electron chi connectivity index (χ3n) is 5.98. The highest BCUT2D eigenvalue weighted by Crippen LogP contribution is 2.29. The Labute approximate surface area is 228 Å². The molecule has 0 unspecified atom stereocenters. The number of anilines is 2. The zero-order chi connectivity index (χ0) is 27.7. The van der Waals surface area contributed by atoms with Crippen LogP contribution in [0.1, 0.15) is 36.1 Å². The molecule has 0 spiro atoms. The summed E-state index contributed by atoms with van der Waals surface area (Å²) in [6.07, 6.45) is 2.20. The van der Waals surface area contributed by atoms with E-state index in [4.69, 9.17) is 4.74 Å². The number of thiazole rings is 1. The Morgan fingerprint density at radius 3 is 2.44 bits per heavy atom. The number of aromatic nitrogens is 4. The summed E-state index contributed by atoms with van der Waals surface area (Å²) in [7, 11) is 0. The number of piperazine rings is 1. The van der Waals surface area contributed by atoms with E-state index in [0.717, 1.165) is 21.4 Å². The van der Waals surface area contributed by atoms with E-state index >= 15 is 0 Å². The molecular weight excluding hydrogens is 521 g/mol. The quantitative estimate of drug-likeness (QED) is 0.377. The molecular formula is C27H28FN7O3S. The lowest BCUT2D eigenvalue weighted by molar-refractivity contribution is 0.0141. The fourth-order valence-corrected chi connectivity index (χ4v) is 4.99. The minimum absolute atomic E-state index is 0.165. The summed E-state index contributed by atoms with van der Waals surface area (Å²) in [6, 6.07) is 8.78. The molecule has 0 bridgehead atoms. The molecule has 2 amide bonds. The second-order valence-electron chi connectivity index (χ2n) is 10.1. The van der Waals surface area contributed by atoms with Gasteiger partial charge in [-0.3, -0.25) is 4.79 Å². The number of ether oxygens (including phenoxy) is 1. The number of fused-ring (bicyclic) bond motifs is 1. The lowest BCUT2D eigenvalue weighted by atomic mass is 10.1. The van der Waals surface area contributed by atoms with E-state index in [1.807, 2.05) is 39.8 Å². The summed E-state index contributed by atoms with van der Waals surface area (Å²) < 4.78 is 21.0. The van der Waals surface area contributed by atoms with Gasteiger partial charge < -0.3 is 19.9 Å². The van der Waals surface area contributed by atoms with Crippen molar-refractivity contribution in [3.63, 3.8) is 0 Å². The minimum Gasteiger partial charge on any atom is -0.444 e. The summed E-state index contributed by atoms with van der Waals surface area (Å²) >= 11 is 1.53. The van der Waals surface area contributed by atoms with Crippen molar-refractivity contribution < 1.29 is 18.7 Å². The van der Waals surface area contributed by atoms with E-state index in [0.29, 0.717) is 43.1 Å². The molecule has 4 aromatic rings. The highest BCUT2D eigenvalue weighted by atomic mass is 32.1. The van der Waals surface area contributed by atoms with E-state index in [1.54, 1.807) is 28.0 Å². The molecule has 1 saturated heterocycles. The third-order valence-corrected chi connectivity index (χ3v) is 6.92. The van der Waals surface area contributed by atoms with Crippen LogP contribution in [0.2, 0.25) is 0 Å². The number of carbonyl (C=O) groups is 2. The molecule has 1 aliphatic heterocycles. The number of benzene rings is 1. The van der Waals surface area contributed by atoms with Gasteiger partial charge in [0, 0.05) is 37.9 Å². The lowest BCUT2D eigenvalue weighted by Crippen LogP contribution is -2.51. The SMILES string of the molecule is Cc1nc2ccc(-c3nc(Nc4ccc(C(=O)N5CCN(C(=O)OC(C)(C)C)CC5)cn4)ncc3F)cc2s1. The van der Waals surface area contributed by atoms with Crippen LogP contribution in [0, 0.1) is 12.7 Å². The van der Waals surface area contributed by atoms with Gasteiger partial charge in [-0.25, -0.2) is 29.1 Å². The zero-order valence-corrected chi connectivity index (χ0v) is 22.9. The predicted octanol–water partition coefficient (Wildman–Crippen LogP) is 5.03. The van der Waals surface area contributed by atoms with Gasteiger partial charge in [-0.15, -0.1) is 11.3 Å². The highest BCUT2D eigenvalue weighted by molar-refractivity contribution is 7.18. The van der Waals surface area contributed by atoms with E-state index in [1.165, 1.54) is 17.5 Å². The van der Waals surface area contributed by atoms with E-state index in [2.05, 4.69) is 25.3 Å². The molecule has 1 aromatic carbocycles. The van der Waals surface area contributed by atoms with Gasteiger partial charge in [-0.1, -0.05) is 6.07 Å². The smallest absolute Gasteiger partial charge is 0.410 e. The third kappa shape index (κ3) is 6.11. The Balaban J connectivity index is 1.23. The predicted molar refractivity (Wildman–Crippen MR) is 147 cm³/mol. The normalized spacial score (nSPS) is 14.0. The first-order valence-corrected chi connectivity index (χ1v) is 13.3. The number of pyridine rings is 1. The Kier molecular flexibility index (Phi) is 7.13. The first kappa shape index (κ1) is 26.4. The monoisotopic (exact) mass is 549 g/mol. The average Bonchev–Trinajstić information content (AvgIpc) is 3.28. The minimum atomic E-state index is -0.568. The van der Waals surface area contributed by atoms with E-state index in [9.17, 15) is 14.0 Å². The summed E-state index contributed by atoms with van der Waals surface area (Å²) in [5.74, 6) is -0.127. The van der Waals surface area contributed by atoms with Crippen molar-refractivity contribution in [2.75, 3.05) is 31.5 Å². The second kappa shape index (κ2) is 10.5. The number of nitrogens with zero attached hydrogens (tertiary/aromatic N) is 6. The molecule has 1 aliphatic rings. The first-order chi connectivity index (χ1) is 18.6. The number of aryl methyl sites for hydroxylation is 1. The fraction of sp³-hybridized carbons (Fsp3) is 0.333. The van der Waals surface area contributed by atoms with Crippen LogP contribution in [0.5, 0.6) is 0 Å². The standard InChI is InChI=1S/C27H28FN7O3S/c1-16-31-20-7-5-17(13-21(20)39-16)23-19(28)15-30-25(33-23)32-22-8-6-18(14-29-22)24(36)34-9-11-35(12-10-34)26(37)38-27(2,3)4/h5-8,13-15H,9-12H2,1-4H3,(H,29,30,32,33). The van der Waals surface area contributed by atoms with Crippen LogP contribution in [-0.4, -0.2) is 73.5 Å². The van der Waals surface area contributed by atoms with Gasteiger partial charge >= 0.3 is 6.09 Å². The van der Waals surface area contributed by atoms with Crippen molar-refractivity contribution in [2.45, 2.75) is 33.3 Å². The maximum Gasteiger partial charge on any atom is 0.410 e. The van der Waals surface area contributed by atoms with Gasteiger partial charge in [0.05, 0.1) is 27.0 Å². The van der Waals surface area contributed by atoms with Gasteiger partial charge in [-0.2, -0.15) is 0 Å². The number of rotatable bonds is 4. The first-order valence-electron chi connectivity index (χ1n) is 12.5. The molecule has 0 atom stereocenters. The number of carbonyl (C=O) groups excluding carboxylic acids is 2. The topological polar surface area (TPSA) is 113 Å². The Hall–Kier alpha value is -4.19. The second-order valence-corrected chi connectivity index (χ2v) is 11.4. The molecule has 39 heavy (non-hydrogen) atoms. The van der Waals surface area contributed by atoms with Crippen LogP contribution in [0.3, 0.4) is 0 Å². The maximum atomic E-state index is 14.6. The Morgan fingerprint density at radius 2 is 1.74 bits per heavy atom. The largest absolute Gasteiger partial charge is 0.444 e. The molecule has 1 N–H and O–H groups in total. The molecule has 1 fully saturated rings. The number of hydrogen-bond donors (Lipinski definition) is 1. The van der Waals surface area contributed by atoms with Crippen molar-refractivity contribution in [2.24, 2.45) is 0 Å². The molecule has 4 heterocycles. The van der Waals surface area contributed by atoms with Crippen LogP contribution in [0.15, 0.2) is 42.7 Å². The lowest BCUT2D eigenvalue weighted by Gasteiger charge is -2.35. The molecule has 0 radical (unpaired) electrons. The molecule has 202 valence electrons. The maximum absolute atomic E-state index is 14.6. The van der Waals surface area contributed by atoms with Crippen LogP contribution in [0.4, 0.5) is 21.0 Å². The van der Waals surface area contributed by atoms with Gasteiger partial charge in [-0.05, 0) is 52.0 Å². The fourth-order valence-electron chi connectivity index (χ4n) is 4.13. The highest BCUT2D eigenvalue weighted by Gasteiger charge is 2.28. The van der Waals surface area contributed by atoms with E-state index < -0.39 is 11.4 Å². The Bertz CT molecular complexity index is 1530. The summed E-state index contributed by atoms with van der Waals surface area (Å²) in [5.41, 5.74) is 1.49. The molecule has 0 aliphatic carbocycles. The van der Waals surface area contributed by atoms with Crippen molar-refractivity contribution >= 4 is 45.3 Å². The molecule has 12 heteroatoms. The number of amides is 2. The number of halogens is 1. The van der Waals surface area contributed by atoms with Crippen molar-refractivity contribution in [1.29, 1.82) is 0 Å². The summed E-state index contributed by atoms with van der Waals surface area (Å²) in [6.45, 7) is 8.98. The van der Waals surface area contributed by atoms with Gasteiger partial charge in [0.2, 0.25) is 5.95 Å². The van der Waals surface area contributed by atoms with E-state index in [-0.39, 0.29) is 23.6 Å². The number of hydrogen-bond acceptors (Lipinski definition) is 9. The summed E-state index contributed by atoms with van der Waals surface area (Å²) in [5, 5.41) is 3.91. The average molecular weight is 550 g/mol. The summed E-state index contributed by atoms with van der Waals surface area (Å²) in [4.78, 5) is 45.7. The molecule has 10 nitrogen and oxygen atoms in total. The Morgan fingerprint density at radius 1 is 1.00 bits per heavy atom. The van der Waals surface area contributed by atoms with Crippen molar-refractivity contribution in [3.05, 3.63) is 59.1 Å². The number of nitrogens with one attached hydrogen (secondary N) is 1. The van der Waals surface area contributed by atoms with Gasteiger partial charge in [0.25, 0.3) is 5.91 Å². The molecule has 0 saturated carbocycles. The molecule has 3 aromatic heterocycles. The van der Waals surface area contributed by atoms with Gasteiger partial charge in [0.15, 0.2) is 5.82 Å². The van der Waals surface area contributed by atoms with Crippen LogP contribution < -0.4 is 5.32 Å².